The summed E-state index contributed by atoms with van der Waals surface area (Å²) in [5, 5.41) is 4.25. The van der Waals surface area contributed by atoms with Crippen LogP contribution in [0.15, 0.2) is 81.6 Å². The zero-order chi connectivity index (χ0) is 31.6. The molecular weight excluding hydrogens is 618 g/mol. The minimum absolute atomic E-state index is 0.0864. The molecule has 0 bridgehead atoms. The summed E-state index contributed by atoms with van der Waals surface area (Å²) < 4.78 is 8.17. The van der Waals surface area contributed by atoms with E-state index >= 15 is 0 Å². The number of hydrogen-bond donors (Lipinski definition) is 0. The lowest BCUT2D eigenvalue weighted by atomic mass is 9.63. The van der Waals surface area contributed by atoms with E-state index in [0.717, 1.165) is 51.3 Å². The minimum Gasteiger partial charge on any atom is -0.484 e. The molecule has 2 aromatic carbocycles. The van der Waals surface area contributed by atoms with Crippen molar-refractivity contribution in [3.63, 3.8) is 0 Å². The number of carbonyl (C=O) groups is 3. The highest BCUT2D eigenvalue weighted by Gasteiger charge is 2.49. The highest BCUT2D eigenvalue weighted by molar-refractivity contribution is 9.10. The van der Waals surface area contributed by atoms with E-state index in [1.165, 1.54) is 4.68 Å². The van der Waals surface area contributed by atoms with Gasteiger partial charge in [0.2, 0.25) is 0 Å². The van der Waals surface area contributed by atoms with Crippen LogP contribution in [0.4, 0.5) is 5.69 Å². The number of aryl methyl sites for hydroxylation is 2. The van der Waals surface area contributed by atoms with Crippen LogP contribution in [0.2, 0.25) is 0 Å². The van der Waals surface area contributed by atoms with E-state index < -0.39 is 5.92 Å². The quantitative estimate of drug-likeness (QED) is 0.278. The Morgan fingerprint density at radius 2 is 1.41 bits per heavy atom. The number of hydrogen-bond acceptors (Lipinski definition) is 6. The van der Waals surface area contributed by atoms with E-state index in [-0.39, 0.29) is 34.9 Å². The number of carbonyl (C=O) groups excluding carboxylic acids is 3. The third-order valence-electron chi connectivity index (χ3n) is 8.82. The Morgan fingerprint density at radius 3 is 1.91 bits per heavy atom. The summed E-state index contributed by atoms with van der Waals surface area (Å²) in [5.41, 5.74) is 6.34. The molecule has 0 unspecified atom stereocenters. The van der Waals surface area contributed by atoms with Crippen LogP contribution in [0.3, 0.4) is 0 Å². The third-order valence-corrected chi connectivity index (χ3v) is 9.35. The van der Waals surface area contributed by atoms with Gasteiger partial charge >= 0.3 is 0 Å². The van der Waals surface area contributed by atoms with E-state index in [4.69, 9.17) is 4.74 Å². The molecule has 6 rings (SSSR count). The molecule has 0 radical (unpaired) electrons. The number of anilines is 1. The normalized spacial score (nSPS) is 19.7. The summed E-state index contributed by atoms with van der Waals surface area (Å²) in [7, 11) is 0. The van der Waals surface area contributed by atoms with Crippen molar-refractivity contribution in [3.05, 3.63) is 98.6 Å². The summed E-state index contributed by atoms with van der Waals surface area (Å²) in [4.78, 5) is 43.1. The van der Waals surface area contributed by atoms with E-state index in [2.05, 4.69) is 65.8 Å². The van der Waals surface area contributed by atoms with Crippen LogP contribution in [0, 0.1) is 24.7 Å². The molecule has 3 aliphatic rings. The number of rotatable bonds is 5. The van der Waals surface area contributed by atoms with E-state index in [1.54, 1.807) is 0 Å². The molecule has 2 aliphatic carbocycles. The number of nitrogens with zero attached hydrogens (tertiary/aromatic N) is 3. The molecule has 7 nitrogen and oxygen atoms in total. The maximum atomic E-state index is 14.1. The van der Waals surface area contributed by atoms with Gasteiger partial charge in [-0.1, -0.05) is 55.8 Å². The number of Topliss-reactive ketones (excluding diaryl/α,β-unsaturated/α-hetero) is 2. The molecule has 0 saturated carbocycles. The van der Waals surface area contributed by atoms with E-state index in [1.807, 2.05) is 56.3 Å². The Hall–Kier alpha value is -3.78. The lowest BCUT2D eigenvalue weighted by Crippen LogP contribution is -2.44. The number of ether oxygens (including phenoxy) is 1. The van der Waals surface area contributed by atoms with Crippen LogP contribution in [0.25, 0.3) is 0 Å². The van der Waals surface area contributed by atoms with Gasteiger partial charge in [0.05, 0.1) is 5.69 Å². The Morgan fingerprint density at radius 1 is 0.864 bits per heavy atom. The molecule has 8 heteroatoms. The Bertz CT molecular complexity index is 1690. The monoisotopic (exact) mass is 655 g/mol. The first kappa shape index (κ1) is 30.3. The Balaban J connectivity index is 1.42. The van der Waals surface area contributed by atoms with Crippen molar-refractivity contribution in [2.24, 2.45) is 10.8 Å². The highest BCUT2D eigenvalue weighted by atomic mass is 79.9. The maximum absolute atomic E-state index is 14.1. The van der Waals surface area contributed by atoms with Crippen LogP contribution in [-0.2, 0) is 9.59 Å². The molecule has 0 atom stereocenters. The van der Waals surface area contributed by atoms with Gasteiger partial charge in [0, 0.05) is 57.2 Å². The Kier molecular flexibility index (Phi) is 7.55. The fourth-order valence-electron chi connectivity index (χ4n) is 7.04. The number of halogens is 1. The smallest absolute Gasteiger partial charge is 0.284 e. The zero-order valence-corrected chi connectivity index (χ0v) is 27.7. The molecule has 2 heterocycles. The number of benzene rings is 2. The number of aromatic nitrogens is 2. The van der Waals surface area contributed by atoms with Gasteiger partial charge in [0.1, 0.15) is 5.75 Å². The van der Waals surface area contributed by atoms with Crippen molar-refractivity contribution < 1.29 is 19.1 Å². The lowest BCUT2D eigenvalue weighted by Gasteiger charge is -2.49. The summed E-state index contributed by atoms with van der Waals surface area (Å²) in [6.07, 6.45) is 2.30. The molecule has 1 aliphatic heterocycles. The first-order valence-corrected chi connectivity index (χ1v) is 15.9. The second kappa shape index (κ2) is 11.0. The highest BCUT2D eigenvalue weighted by Crippen LogP contribution is 2.55. The predicted octanol–water partition coefficient (Wildman–Crippen LogP) is 7.87. The number of allylic oxidation sites excluding steroid dienone is 4. The fourth-order valence-corrected chi connectivity index (χ4v) is 7.31. The van der Waals surface area contributed by atoms with Gasteiger partial charge in [-0.25, -0.2) is 4.68 Å². The number of ketones is 2. The molecule has 44 heavy (non-hydrogen) atoms. The zero-order valence-electron chi connectivity index (χ0n) is 26.2. The van der Waals surface area contributed by atoms with Crippen LogP contribution >= 0.6 is 15.9 Å². The molecule has 0 spiro atoms. The van der Waals surface area contributed by atoms with Crippen LogP contribution in [-0.4, -0.2) is 33.9 Å². The topological polar surface area (TPSA) is 81.5 Å². The van der Waals surface area contributed by atoms with Crippen LogP contribution in [0.1, 0.15) is 81.0 Å². The van der Waals surface area contributed by atoms with E-state index in [0.29, 0.717) is 29.7 Å². The summed E-state index contributed by atoms with van der Waals surface area (Å²) in [5.74, 6) is -0.00190. The molecular formula is C36H38BrN3O4. The molecule has 3 aromatic rings. The van der Waals surface area contributed by atoms with Crippen molar-refractivity contribution in [2.75, 3.05) is 11.5 Å². The second-order valence-electron chi connectivity index (χ2n) is 13.9. The summed E-state index contributed by atoms with van der Waals surface area (Å²) in [6, 6.07) is 17.5. The third kappa shape index (κ3) is 5.60. The van der Waals surface area contributed by atoms with Crippen molar-refractivity contribution >= 4 is 39.1 Å². The fraction of sp³-hybridized carbons (Fsp3) is 0.389. The van der Waals surface area contributed by atoms with Gasteiger partial charge in [-0.3, -0.25) is 14.4 Å². The standard InChI is InChI=1S/C36H38BrN3O4/c1-21-15-22(2)40(38-21)31(43)20-44-26-13-7-23(8-14-26)32-33-27(16-35(3,4)18-29(33)41)39(25-11-9-24(37)10-12-25)28-17-36(5,6)19-30(42)34(28)32/h7-15,32H,16-20H2,1-6H3. The molecule has 0 saturated heterocycles. The average Bonchev–Trinajstić information content (AvgIpc) is 3.28. The van der Waals surface area contributed by atoms with Crippen LogP contribution in [0.5, 0.6) is 5.75 Å². The van der Waals surface area contributed by atoms with Gasteiger partial charge in [0.15, 0.2) is 18.2 Å². The van der Waals surface area contributed by atoms with Crippen molar-refractivity contribution in [1.82, 2.24) is 9.78 Å². The molecule has 228 valence electrons. The molecule has 0 amide bonds. The van der Waals surface area contributed by atoms with Gasteiger partial charge < -0.3 is 9.64 Å². The largest absolute Gasteiger partial charge is 0.484 e. The summed E-state index contributed by atoms with van der Waals surface area (Å²) in [6.45, 7) is 12.1. The Labute approximate surface area is 267 Å². The van der Waals surface area contributed by atoms with Gasteiger partial charge in [0.25, 0.3) is 5.91 Å². The lowest BCUT2D eigenvalue weighted by molar-refractivity contribution is -0.119. The molecule has 1 aromatic heterocycles. The minimum atomic E-state index is -0.454. The maximum Gasteiger partial charge on any atom is 0.284 e. The van der Waals surface area contributed by atoms with Crippen LogP contribution < -0.4 is 9.64 Å². The van der Waals surface area contributed by atoms with E-state index in [9.17, 15) is 14.4 Å². The van der Waals surface area contributed by atoms with Gasteiger partial charge in [-0.05, 0) is 85.5 Å². The average molecular weight is 657 g/mol. The van der Waals surface area contributed by atoms with Crippen molar-refractivity contribution in [1.29, 1.82) is 0 Å². The first-order chi connectivity index (χ1) is 20.7. The van der Waals surface area contributed by atoms with Crippen molar-refractivity contribution in [2.45, 2.75) is 73.1 Å². The van der Waals surface area contributed by atoms with Gasteiger partial charge in [-0.2, -0.15) is 5.10 Å². The first-order valence-electron chi connectivity index (χ1n) is 15.1. The molecule has 0 fully saturated rings. The predicted molar refractivity (Wildman–Crippen MR) is 174 cm³/mol. The van der Waals surface area contributed by atoms with Gasteiger partial charge in [-0.15, -0.1) is 0 Å². The SMILES string of the molecule is Cc1cc(C)n(C(=O)COc2ccc(C3C4=C(CC(C)(C)CC4=O)N(c4ccc(Br)cc4)C4=C3C(=O)CC(C)(C)C4)cc2)n1. The second-order valence-corrected chi connectivity index (χ2v) is 14.9. The van der Waals surface area contributed by atoms with Crippen molar-refractivity contribution in [3.8, 4) is 5.75 Å². The summed E-state index contributed by atoms with van der Waals surface area (Å²) >= 11 is 3.56. The molecule has 0 N–H and O–H groups in total.